The number of aromatic amines is 1. The number of hydrogen-bond acceptors (Lipinski definition) is 2. The van der Waals surface area contributed by atoms with E-state index < -0.39 is 0 Å². The number of Topliss-reactive ketones (excluding diaryl/α,β-unsaturated/α-hetero) is 1. The molecule has 2 aromatic carbocycles. The fraction of sp³-hybridized carbons (Fsp3) is 0.190. The summed E-state index contributed by atoms with van der Waals surface area (Å²) in [6.45, 7) is 2.08. The van der Waals surface area contributed by atoms with E-state index in [0.29, 0.717) is 0 Å². The number of carbonyl (C=O) groups is 1. The third-order valence-electron chi connectivity index (χ3n) is 4.68. The fourth-order valence-electron chi connectivity index (χ4n) is 3.39. The molecule has 0 saturated carbocycles. The van der Waals surface area contributed by atoms with Crippen molar-refractivity contribution in [3.8, 4) is 5.75 Å². The summed E-state index contributed by atoms with van der Waals surface area (Å²) in [5, 5.41) is 1.18. The Hall–Kier alpha value is -2.81. The van der Waals surface area contributed by atoms with Crippen LogP contribution < -0.4 is 4.74 Å². The van der Waals surface area contributed by atoms with Gasteiger partial charge in [0.15, 0.2) is 0 Å². The number of carbonyl (C=O) groups excluding carboxylic acids is 1. The fourth-order valence-corrected chi connectivity index (χ4v) is 3.39. The third-order valence-corrected chi connectivity index (χ3v) is 4.68. The van der Waals surface area contributed by atoms with Crippen LogP contribution in [0.4, 0.5) is 0 Å². The van der Waals surface area contributed by atoms with Gasteiger partial charge in [0, 0.05) is 16.5 Å². The van der Waals surface area contributed by atoms with Crippen LogP contribution in [0.15, 0.2) is 48.0 Å². The van der Waals surface area contributed by atoms with Crippen LogP contribution in [0, 0.1) is 6.92 Å². The van der Waals surface area contributed by atoms with Gasteiger partial charge in [0.2, 0.25) is 5.78 Å². The van der Waals surface area contributed by atoms with Crippen LogP contribution in [0.1, 0.15) is 33.6 Å². The van der Waals surface area contributed by atoms with E-state index in [9.17, 15) is 4.79 Å². The quantitative estimate of drug-likeness (QED) is 0.696. The summed E-state index contributed by atoms with van der Waals surface area (Å²) in [5.74, 6) is 0.932. The van der Waals surface area contributed by atoms with E-state index in [1.54, 1.807) is 7.11 Å². The Morgan fingerprint density at radius 3 is 2.62 bits per heavy atom. The topological polar surface area (TPSA) is 42.1 Å². The molecule has 0 saturated heterocycles. The summed E-state index contributed by atoms with van der Waals surface area (Å²) in [7, 11) is 1.65. The van der Waals surface area contributed by atoms with Crippen molar-refractivity contribution >= 4 is 22.8 Å². The Morgan fingerprint density at radius 2 is 1.88 bits per heavy atom. The first-order valence-electron chi connectivity index (χ1n) is 8.16. The molecular weight excluding hydrogens is 298 g/mol. The average molecular weight is 317 g/mol. The second-order valence-corrected chi connectivity index (χ2v) is 6.30. The first kappa shape index (κ1) is 14.8. The molecular formula is C21H19NO2. The minimum atomic E-state index is 0.112. The highest BCUT2D eigenvalue weighted by Gasteiger charge is 2.25. The van der Waals surface area contributed by atoms with Crippen LogP contribution >= 0.6 is 0 Å². The van der Waals surface area contributed by atoms with Crippen LogP contribution in [0.2, 0.25) is 0 Å². The lowest BCUT2D eigenvalue weighted by Gasteiger charge is -2.14. The monoisotopic (exact) mass is 317 g/mol. The summed E-state index contributed by atoms with van der Waals surface area (Å²) in [4.78, 5) is 16.2. The summed E-state index contributed by atoms with van der Waals surface area (Å²) in [6.07, 6.45) is 3.66. The van der Waals surface area contributed by atoms with Gasteiger partial charge in [-0.05, 0) is 61.2 Å². The highest BCUT2D eigenvalue weighted by molar-refractivity contribution is 6.15. The van der Waals surface area contributed by atoms with Crippen molar-refractivity contribution in [1.29, 1.82) is 0 Å². The van der Waals surface area contributed by atoms with E-state index in [2.05, 4.69) is 30.1 Å². The van der Waals surface area contributed by atoms with Gasteiger partial charge in [-0.3, -0.25) is 4.79 Å². The van der Waals surface area contributed by atoms with Crippen molar-refractivity contribution in [2.24, 2.45) is 0 Å². The van der Waals surface area contributed by atoms with Crippen molar-refractivity contribution in [1.82, 2.24) is 4.98 Å². The number of ketones is 1. The van der Waals surface area contributed by atoms with Crippen LogP contribution in [0.5, 0.6) is 5.75 Å². The van der Waals surface area contributed by atoms with Crippen LogP contribution in [-0.2, 0) is 6.42 Å². The molecule has 0 spiro atoms. The SMILES string of the molecule is COc1ccc(C=C2CCc3c([nH]c4ccc(C)cc34)C2=O)cc1. The molecule has 3 aromatic rings. The van der Waals surface area contributed by atoms with E-state index in [1.165, 1.54) is 10.9 Å². The third kappa shape index (κ3) is 2.42. The number of aryl methyl sites for hydroxylation is 2. The number of aromatic nitrogens is 1. The maximum Gasteiger partial charge on any atom is 0.205 e. The lowest BCUT2D eigenvalue weighted by Crippen LogP contribution is -2.13. The van der Waals surface area contributed by atoms with Crippen molar-refractivity contribution in [2.45, 2.75) is 19.8 Å². The number of benzene rings is 2. The Morgan fingerprint density at radius 1 is 1.08 bits per heavy atom. The molecule has 0 fully saturated rings. The number of rotatable bonds is 2. The number of H-pyrrole nitrogens is 1. The molecule has 1 heterocycles. The van der Waals surface area contributed by atoms with Crippen molar-refractivity contribution in [3.05, 3.63) is 70.4 Å². The molecule has 1 aliphatic rings. The lowest BCUT2D eigenvalue weighted by atomic mass is 9.89. The van der Waals surface area contributed by atoms with Gasteiger partial charge < -0.3 is 9.72 Å². The van der Waals surface area contributed by atoms with Gasteiger partial charge >= 0.3 is 0 Å². The molecule has 3 heteroatoms. The molecule has 1 N–H and O–H groups in total. The second kappa shape index (κ2) is 5.68. The molecule has 0 radical (unpaired) electrons. The van der Waals surface area contributed by atoms with Gasteiger partial charge in [-0.2, -0.15) is 0 Å². The number of methoxy groups -OCH3 is 1. The number of allylic oxidation sites excluding steroid dienone is 1. The zero-order chi connectivity index (χ0) is 16.7. The van der Waals surface area contributed by atoms with Gasteiger partial charge in [-0.15, -0.1) is 0 Å². The maximum atomic E-state index is 12.9. The highest BCUT2D eigenvalue weighted by Crippen LogP contribution is 2.32. The van der Waals surface area contributed by atoms with Gasteiger partial charge in [-0.25, -0.2) is 0 Å². The van der Waals surface area contributed by atoms with Crippen LogP contribution in [-0.4, -0.2) is 17.9 Å². The Labute approximate surface area is 141 Å². The molecule has 24 heavy (non-hydrogen) atoms. The first-order chi connectivity index (χ1) is 11.7. The zero-order valence-corrected chi connectivity index (χ0v) is 13.8. The van der Waals surface area contributed by atoms with E-state index >= 15 is 0 Å². The van der Waals surface area contributed by atoms with Crippen LogP contribution in [0.25, 0.3) is 17.0 Å². The lowest BCUT2D eigenvalue weighted by molar-refractivity contribution is 0.102. The number of ether oxygens (including phenoxy) is 1. The molecule has 1 aromatic heterocycles. The van der Waals surface area contributed by atoms with Gasteiger partial charge in [-0.1, -0.05) is 23.8 Å². The smallest absolute Gasteiger partial charge is 0.205 e. The molecule has 120 valence electrons. The maximum absolute atomic E-state index is 12.9. The number of hydrogen-bond donors (Lipinski definition) is 1. The normalized spacial score (nSPS) is 15.8. The molecule has 0 aliphatic heterocycles. The largest absolute Gasteiger partial charge is 0.497 e. The van der Waals surface area contributed by atoms with E-state index in [4.69, 9.17) is 4.74 Å². The van der Waals surface area contributed by atoms with E-state index in [0.717, 1.165) is 46.5 Å². The summed E-state index contributed by atoms with van der Waals surface area (Å²) >= 11 is 0. The zero-order valence-electron chi connectivity index (χ0n) is 13.8. The molecule has 1 aliphatic carbocycles. The molecule has 0 atom stereocenters. The Kier molecular flexibility index (Phi) is 3.49. The van der Waals surface area contributed by atoms with Crippen LogP contribution in [0.3, 0.4) is 0 Å². The van der Waals surface area contributed by atoms with Gasteiger partial charge in [0.25, 0.3) is 0 Å². The molecule has 4 rings (SSSR count). The van der Waals surface area contributed by atoms with Crippen molar-refractivity contribution in [2.75, 3.05) is 7.11 Å². The second-order valence-electron chi connectivity index (χ2n) is 6.30. The summed E-state index contributed by atoms with van der Waals surface area (Å²) < 4.78 is 5.18. The summed E-state index contributed by atoms with van der Waals surface area (Å²) in [5.41, 5.74) is 6.05. The number of nitrogens with one attached hydrogen (secondary N) is 1. The number of fused-ring (bicyclic) bond motifs is 3. The van der Waals surface area contributed by atoms with E-state index in [-0.39, 0.29) is 5.78 Å². The minimum absolute atomic E-state index is 0.112. The molecule has 0 unspecified atom stereocenters. The first-order valence-corrected chi connectivity index (χ1v) is 8.16. The predicted molar refractivity (Wildman–Crippen MR) is 96.7 cm³/mol. The Balaban J connectivity index is 1.73. The molecule has 3 nitrogen and oxygen atoms in total. The minimum Gasteiger partial charge on any atom is -0.497 e. The average Bonchev–Trinajstić information content (AvgIpc) is 2.97. The summed E-state index contributed by atoms with van der Waals surface area (Å²) in [6, 6.07) is 14.1. The van der Waals surface area contributed by atoms with Gasteiger partial charge in [0.1, 0.15) is 5.75 Å². The molecule has 0 bridgehead atoms. The van der Waals surface area contributed by atoms with Crippen molar-refractivity contribution in [3.63, 3.8) is 0 Å². The Bertz CT molecular complexity index is 961. The predicted octanol–water partition coefficient (Wildman–Crippen LogP) is 4.70. The van der Waals surface area contributed by atoms with E-state index in [1.807, 2.05) is 30.3 Å². The van der Waals surface area contributed by atoms with Gasteiger partial charge in [0.05, 0.1) is 12.8 Å². The highest BCUT2D eigenvalue weighted by atomic mass is 16.5. The molecule has 0 amide bonds. The standard InChI is InChI=1S/C21H19NO2/c1-13-3-10-19-18(11-13)17-9-6-15(21(23)20(17)22-19)12-14-4-7-16(24-2)8-5-14/h3-5,7-8,10-12,22H,6,9H2,1-2H3. The van der Waals surface area contributed by atoms with Crippen molar-refractivity contribution < 1.29 is 9.53 Å².